The van der Waals surface area contributed by atoms with Gasteiger partial charge in [0.25, 0.3) is 0 Å². The Hall–Kier alpha value is -1.44. The molecule has 21 heavy (non-hydrogen) atoms. The van der Waals surface area contributed by atoms with E-state index in [-0.39, 0.29) is 15.1 Å². The molecular weight excluding hydrogens is 359 g/mol. The molecule has 0 radical (unpaired) electrons. The van der Waals surface area contributed by atoms with Crippen molar-refractivity contribution in [2.45, 2.75) is 18.0 Å². The van der Waals surface area contributed by atoms with E-state index < -0.39 is 15.8 Å². The summed E-state index contributed by atoms with van der Waals surface area (Å²) in [5.74, 6) is -0.587. The molecule has 2 N–H and O–H groups in total. The quantitative estimate of drug-likeness (QED) is 0.826. The fraction of sp³-hybridized carbons (Fsp3) is 0.143. The first-order valence-corrected chi connectivity index (χ1v) is 8.44. The predicted octanol–water partition coefficient (Wildman–Crippen LogP) is 2.87. The average Bonchev–Trinajstić information content (AvgIpc) is 2.87. The Morgan fingerprint density at radius 3 is 2.29 bits per heavy atom. The summed E-state index contributed by atoms with van der Waals surface area (Å²) in [4.78, 5) is -0.0800. The summed E-state index contributed by atoms with van der Waals surface area (Å²) < 4.78 is 40.2. The van der Waals surface area contributed by atoms with Crippen molar-refractivity contribution >= 4 is 31.6 Å². The standard InChI is InChI=1S/C14H12BrFN2O2S/c15-11-5-14(13(17)6-12(11)16)21(19,20)18-7-9-3-1-2-4-10(9)8-18/h1-6H,7-8,17H2. The molecular formula is C14H12BrFN2O2S. The van der Waals surface area contributed by atoms with Crippen molar-refractivity contribution in [3.05, 3.63) is 57.8 Å². The van der Waals surface area contributed by atoms with Crippen LogP contribution in [0.3, 0.4) is 0 Å². The number of hydrogen-bond donors (Lipinski definition) is 1. The van der Waals surface area contributed by atoms with Crippen LogP contribution in [0.5, 0.6) is 0 Å². The highest BCUT2D eigenvalue weighted by atomic mass is 79.9. The van der Waals surface area contributed by atoms with Crippen LogP contribution in [0.25, 0.3) is 0 Å². The van der Waals surface area contributed by atoms with Gasteiger partial charge in [-0.05, 0) is 39.2 Å². The lowest BCUT2D eigenvalue weighted by atomic mass is 10.1. The number of nitrogens with two attached hydrogens (primary N) is 1. The van der Waals surface area contributed by atoms with Crippen LogP contribution in [-0.4, -0.2) is 12.7 Å². The lowest BCUT2D eigenvalue weighted by Gasteiger charge is -2.17. The minimum atomic E-state index is -3.76. The Bertz CT molecular complexity index is 799. The highest BCUT2D eigenvalue weighted by molar-refractivity contribution is 9.10. The van der Waals surface area contributed by atoms with Crippen molar-refractivity contribution in [2.24, 2.45) is 0 Å². The van der Waals surface area contributed by atoms with Crippen LogP contribution in [0.2, 0.25) is 0 Å². The maximum atomic E-state index is 13.4. The minimum absolute atomic E-state index is 0.0759. The molecule has 0 fully saturated rings. The van der Waals surface area contributed by atoms with Crippen LogP contribution in [0.4, 0.5) is 10.1 Å². The number of benzene rings is 2. The molecule has 0 saturated carbocycles. The second-order valence-electron chi connectivity index (χ2n) is 4.85. The van der Waals surface area contributed by atoms with E-state index in [1.54, 1.807) is 0 Å². The van der Waals surface area contributed by atoms with E-state index in [9.17, 15) is 12.8 Å². The number of anilines is 1. The lowest BCUT2D eigenvalue weighted by molar-refractivity contribution is 0.432. The highest BCUT2D eigenvalue weighted by Gasteiger charge is 2.32. The predicted molar refractivity (Wildman–Crippen MR) is 81.4 cm³/mol. The molecule has 1 aliphatic heterocycles. The molecule has 3 rings (SSSR count). The normalized spacial score (nSPS) is 15.1. The van der Waals surface area contributed by atoms with Gasteiger partial charge in [-0.1, -0.05) is 24.3 Å². The molecule has 0 unspecified atom stereocenters. The van der Waals surface area contributed by atoms with Gasteiger partial charge in [0.15, 0.2) is 0 Å². The zero-order valence-electron chi connectivity index (χ0n) is 10.9. The Balaban J connectivity index is 2.02. The van der Waals surface area contributed by atoms with Crippen molar-refractivity contribution in [2.75, 3.05) is 5.73 Å². The van der Waals surface area contributed by atoms with E-state index in [1.807, 2.05) is 24.3 Å². The highest BCUT2D eigenvalue weighted by Crippen LogP contribution is 2.33. The number of halogens is 2. The van der Waals surface area contributed by atoms with Gasteiger partial charge in [-0.15, -0.1) is 0 Å². The van der Waals surface area contributed by atoms with Crippen LogP contribution in [0, 0.1) is 5.82 Å². The van der Waals surface area contributed by atoms with Gasteiger partial charge in [-0.3, -0.25) is 0 Å². The average molecular weight is 371 g/mol. The van der Waals surface area contributed by atoms with Gasteiger partial charge >= 0.3 is 0 Å². The van der Waals surface area contributed by atoms with Crippen molar-refractivity contribution < 1.29 is 12.8 Å². The van der Waals surface area contributed by atoms with Crippen LogP contribution < -0.4 is 5.73 Å². The van der Waals surface area contributed by atoms with Gasteiger partial charge in [-0.2, -0.15) is 4.31 Å². The molecule has 0 aliphatic carbocycles. The number of hydrogen-bond acceptors (Lipinski definition) is 3. The molecule has 1 aliphatic rings. The van der Waals surface area contributed by atoms with E-state index in [0.717, 1.165) is 17.2 Å². The number of rotatable bonds is 2. The van der Waals surface area contributed by atoms with Gasteiger partial charge in [0.05, 0.1) is 10.2 Å². The van der Waals surface area contributed by atoms with Gasteiger partial charge in [0.1, 0.15) is 10.7 Å². The zero-order valence-corrected chi connectivity index (χ0v) is 13.3. The third-order valence-corrected chi connectivity index (χ3v) is 5.94. The number of fused-ring (bicyclic) bond motifs is 1. The van der Waals surface area contributed by atoms with Gasteiger partial charge in [0, 0.05) is 13.1 Å². The van der Waals surface area contributed by atoms with Crippen LogP contribution in [0.15, 0.2) is 45.8 Å². The second kappa shape index (κ2) is 5.08. The lowest BCUT2D eigenvalue weighted by Crippen LogP contribution is -2.26. The molecule has 1 heterocycles. The molecule has 0 bridgehead atoms. The monoisotopic (exact) mass is 370 g/mol. The first kappa shape index (κ1) is 14.5. The van der Waals surface area contributed by atoms with Gasteiger partial charge in [0.2, 0.25) is 10.0 Å². The fourth-order valence-electron chi connectivity index (χ4n) is 2.38. The Labute approximate surface area is 130 Å². The largest absolute Gasteiger partial charge is 0.398 e. The SMILES string of the molecule is Nc1cc(F)c(Br)cc1S(=O)(=O)N1Cc2ccccc2C1. The molecule has 2 aromatic rings. The molecule has 7 heteroatoms. The van der Waals surface area contributed by atoms with Gasteiger partial charge in [-0.25, -0.2) is 12.8 Å². The zero-order chi connectivity index (χ0) is 15.2. The van der Waals surface area contributed by atoms with Crippen LogP contribution in [0.1, 0.15) is 11.1 Å². The van der Waals surface area contributed by atoms with Crippen molar-refractivity contribution in [3.63, 3.8) is 0 Å². The summed E-state index contributed by atoms with van der Waals surface area (Å²) in [6.07, 6.45) is 0. The molecule has 0 amide bonds. The van der Waals surface area contributed by atoms with Crippen molar-refractivity contribution in [3.8, 4) is 0 Å². The third kappa shape index (κ3) is 2.45. The summed E-state index contributed by atoms with van der Waals surface area (Å²) in [7, 11) is -3.76. The molecule has 0 spiro atoms. The van der Waals surface area contributed by atoms with E-state index in [1.165, 1.54) is 10.4 Å². The van der Waals surface area contributed by atoms with E-state index >= 15 is 0 Å². The first-order chi connectivity index (χ1) is 9.89. The van der Waals surface area contributed by atoms with E-state index in [4.69, 9.17) is 5.73 Å². The summed E-state index contributed by atoms with van der Waals surface area (Å²) in [6.45, 7) is 0.597. The number of sulfonamides is 1. The summed E-state index contributed by atoms with van der Waals surface area (Å²) in [5.41, 5.74) is 7.54. The smallest absolute Gasteiger partial charge is 0.245 e. The van der Waals surface area contributed by atoms with Crippen molar-refractivity contribution in [1.29, 1.82) is 0 Å². The Morgan fingerprint density at radius 2 is 1.71 bits per heavy atom. The van der Waals surface area contributed by atoms with Crippen LogP contribution >= 0.6 is 15.9 Å². The first-order valence-electron chi connectivity index (χ1n) is 6.21. The minimum Gasteiger partial charge on any atom is -0.398 e. The molecule has 4 nitrogen and oxygen atoms in total. The topological polar surface area (TPSA) is 63.4 Å². The second-order valence-corrected chi connectivity index (χ2v) is 7.61. The molecule has 0 atom stereocenters. The summed E-state index contributed by atoms with van der Waals surface area (Å²) in [5, 5.41) is 0. The molecule has 2 aromatic carbocycles. The molecule has 0 aromatic heterocycles. The molecule has 110 valence electrons. The van der Waals surface area contributed by atoms with Gasteiger partial charge < -0.3 is 5.73 Å². The molecule has 0 saturated heterocycles. The number of nitrogens with zero attached hydrogens (tertiary/aromatic N) is 1. The maximum absolute atomic E-state index is 13.4. The summed E-state index contributed by atoms with van der Waals surface area (Å²) in [6, 6.07) is 9.77. The maximum Gasteiger partial charge on any atom is 0.245 e. The fourth-order valence-corrected chi connectivity index (χ4v) is 4.39. The summed E-state index contributed by atoms with van der Waals surface area (Å²) >= 11 is 3.00. The Morgan fingerprint density at radius 1 is 1.14 bits per heavy atom. The number of nitrogen functional groups attached to an aromatic ring is 1. The third-order valence-electron chi connectivity index (χ3n) is 3.48. The Kier molecular flexibility index (Phi) is 3.51. The van der Waals surface area contributed by atoms with Crippen LogP contribution in [-0.2, 0) is 23.1 Å². The van der Waals surface area contributed by atoms with Crippen molar-refractivity contribution in [1.82, 2.24) is 4.31 Å². The van der Waals surface area contributed by atoms with E-state index in [0.29, 0.717) is 13.1 Å². The van der Waals surface area contributed by atoms with E-state index in [2.05, 4.69) is 15.9 Å².